The molecule has 0 aromatic heterocycles. The molecule has 1 aromatic carbocycles. The lowest BCUT2D eigenvalue weighted by atomic mass is 9.89. The summed E-state index contributed by atoms with van der Waals surface area (Å²) < 4.78 is 399. The minimum Gasteiger partial charge on any atom is -0.487 e. The monoisotopic (exact) mass is 914 g/mol. The molecule has 1 rings (SSSR count). The minimum atomic E-state index is -8.70. The minimum absolute atomic E-state index is 0.319. The van der Waals surface area contributed by atoms with Crippen LogP contribution in [-0.4, -0.2) is 110 Å². The van der Waals surface area contributed by atoms with E-state index in [-0.39, 0.29) is 0 Å². The molecule has 0 N–H and O–H groups in total. The van der Waals surface area contributed by atoms with Crippen LogP contribution in [0.5, 0.6) is 11.5 Å². The summed E-state index contributed by atoms with van der Waals surface area (Å²) in [6.45, 7) is -7.99. The molecule has 0 heterocycles. The summed E-state index contributed by atoms with van der Waals surface area (Å²) in [5.74, 6) is -98.0. The van der Waals surface area contributed by atoms with Gasteiger partial charge in [-0.1, -0.05) is 12.1 Å². The largest absolute Gasteiger partial charge is 0.487 e. The van der Waals surface area contributed by atoms with Crippen molar-refractivity contribution in [3.63, 3.8) is 0 Å². The van der Waals surface area contributed by atoms with Gasteiger partial charge >= 0.3 is 83.7 Å². The Balaban J connectivity index is 3.09. The highest BCUT2D eigenvalue weighted by atomic mass is 19.4. The Morgan fingerprint density at radius 3 is 1.14 bits per heavy atom. The van der Waals surface area contributed by atoms with Gasteiger partial charge in [0.15, 0.2) is 18.1 Å². The Labute approximate surface area is 295 Å². The number of benzene rings is 1. The van der Waals surface area contributed by atoms with E-state index in [1.54, 1.807) is 0 Å². The molecule has 0 atom stereocenters. The van der Waals surface area contributed by atoms with Gasteiger partial charge in [-0.3, -0.25) is 0 Å². The molecule has 0 fully saturated rings. The molecule has 32 heteroatoms. The standard InChI is InChI=1S/C25H15F29O3/c26-12(27)15(32,33)18(38,39)21(44,45)22(46,47)20(42,43)17(36,37)14(30,31)9-57-11-4-2-1-3-10(11)56-8-7-55-6-5-13(28,29)16(34,35)19(40,41)23(48,49)24(50,51)25(52,53)54/h1-4,12H,5-9H2. The summed E-state index contributed by atoms with van der Waals surface area (Å²) in [7, 11) is 0. The van der Waals surface area contributed by atoms with Crippen LogP contribution in [-0.2, 0) is 4.74 Å². The smallest absolute Gasteiger partial charge is 0.460 e. The van der Waals surface area contributed by atoms with E-state index in [2.05, 4.69) is 14.2 Å². The SMILES string of the molecule is FC(F)C(F)(F)C(F)(F)C(F)(F)C(F)(F)C(F)(F)C(F)(F)C(F)(F)COc1ccccc1OCCOCCC(F)(F)C(F)(F)C(F)(F)C(F)(F)C(F)(F)C(F)(F)F. The van der Waals surface area contributed by atoms with E-state index >= 15 is 0 Å². The molecule has 0 saturated carbocycles. The van der Waals surface area contributed by atoms with Crippen molar-refractivity contribution in [2.24, 2.45) is 0 Å². The summed E-state index contributed by atoms with van der Waals surface area (Å²) >= 11 is 0. The van der Waals surface area contributed by atoms with Crippen molar-refractivity contribution >= 4 is 0 Å². The van der Waals surface area contributed by atoms with E-state index in [9.17, 15) is 127 Å². The first-order valence-corrected chi connectivity index (χ1v) is 13.7. The fourth-order valence-corrected chi connectivity index (χ4v) is 3.59. The molecule has 0 unspecified atom stereocenters. The summed E-state index contributed by atoms with van der Waals surface area (Å²) in [5.41, 5.74) is 0. The van der Waals surface area contributed by atoms with E-state index in [1.165, 1.54) is 0 Å². The predicted octanol–water partition coefficient (Wildman–Crippen LogP) is 11.3. The van der Waals surface area contributed by atoms with Gasteiger partial charge in [-0.2, -0.15) is 119 Å². The molecule has 0 radical (unpaired) electrons. The first-order valence-electron chi connectivity index (χ1n) is 13.7. The van der Waals surface area contributed by atoms with Gasteiger partial charge in [-0.05, 0) is 12.1 Å². The van der Waals surface area contributed by atoms with E-state index in [4.69, 9.17) is 0 Å². The highest BCUT2D eigenvalue weighted by molar-refractivity contribution is 5.39. The Morgan fingerprint density at radius 1 is 0.386 bits per heavy atom. The second-order valence-electron chi connectivity index (χ2n) is 10.9. The maximum Gasteiger partial charge on any atom is 0.460 e. The lowest BCUT2D eigenvalue weighted by Crippen LogP contribution is -2.74. The van der Waals surface area contributed by atoms with Crippen LogP contribution in [0.3, 0.4) is 0 Å². The van der Waals surface area contributed by atoms with Gasteiger partial charge in [0.25, 0.3) is 0 Å². The number of hydrogen-bond donors (Lipinski definition) is 0. The summed E-state index contributed by atoms with van der Waals surface area (Å²) in [6.07, 6.45) is -16.6. The van der Waals surface area contributed by atoms with Crippen LogP contribution in [0.1, 0.15) is 6.42 Å². The fourth-order valence-electron chi connectivity index (χ4n) is 3.59. The molecule has 3 nitrogen and oxygen atoms in total. The molecule has 0 amide bonds. The zero-order chi connectivity index (χ0) is 45.7. The summed E-state index contributed by atoms with van der Waals surface area (Å²) in [6, 6.07) is 2.23. The van der Waals surface area contributed by atoms with E-state index in [1.807, 2.05) is 0 Å². The number of halogens is 29. The normalized spacial score (nSPS) is 15.7. The third-order valence-electron chi connectivity index (χ3n) is 7.03. The Kier molecular flexibility index (Phi) is 14.0. The molecule has 0 aliphatic carbocycles. The lowest BCUT2D eigenvalue weighted by Gasteiger charge is -2.42. The van der Waals surface area contributed by atoms with Crippen LogP contribution in [0.4, 0.5) is 127 Å². The first-order chi connectivity index (χ1) is 24.9. The maximum atomic E-state index is 14.2. The van der Waals surface area contributed by atoms with Gasteiger partial charge in [-0.15, -0.1) is 0 Å². The molecule has 0 aliphatic heterocycles. The number of hydrogen-bond acceptors (Lipinski definition) is 3. The third kappa shape index (κ3) is 8.20. The molecule has 0 saturated heterocycles. The Hall–Kier alpha value is -3.25. The van der Waals surface area contributed by atoms with Crippen LogP contribution in [0.2, 0.25) is 0 Å². The number of alkyl halides is 29. The van der Waals surface area contributed by atoms with Crippen LogP contribution >= 0.6 is 0 Å². The van der Waals surface area contributed by atoms with Crippen molar-refractivity contribution in [1.82, 2.24) is 0 Å². The molecular formula is C25H15F29O3. The summed E-state index contributed by atoms with van der Waals surface area (Å²) in [5, 5.41) is 0. The van der Waals surface area contributed by atoms with Crippen LogP contribution in [0.25, 0.3) is 0 Å². The third-order valence-corrected chi connectivity index (χ3v) is 7.03. The molecule has 57 heavy (non-hydrogen) atoms. The van der Waals surface area contributed by atoms with Gasteiger partial charge in [-0.25, -0.2) is 8.78 Å². The van der Waals surface area contributed by atoms with Crippen molar-refractivity contribution < 1.29 is 142 Å². The molecule has 0 aliphatic rings. The van der Waals surface area contributed by atoms with Crippen LogP contribution in [0, 0.1) is 0 Å². The maximum absolute atomic E-state index is 14.2. The molecular weight excluding hydrogens is 899 g/mol. The Morgan fingerprint density at radius 2 is 0.737 bits per heavy atom. The highest BCUT2D eigenvalue weighted by Gasteiger charge is 2.94. The van der Waals surface area contributed by atoms with Gasteiger partial charge in [0.2, 0.25) is 0 Å². The van der Waals surface area contributed by atoms with E-state index in [0.29, 0.717) is 18.2 Å². The van der Waals surface area contributed by atoms with Gasteiger partial charge in [0.05, 0.1) is 13.2 Å². The van der Waals surface area contributed by atoms with Gasteiger partial charge in [0.1, 0.15) is 6.61 Å². The van der Waals surface area contributed by atoms with Crippen LogP contribution in [0.15, 0.2) is 24.3 Å². The lowest BCUT2D eigenvalue weighted by molar-refractivity contribution is -0.447. The second kappa shape index (κ2) is 15.4. The van der Waals surface area contributed by atoms with Gasteiger partial charge < -0.3 is 14.2 Å². The van der Waals surface area contributed by atoms with Gasteiger partial charge in [0, 0.05) is 6.42 Å². The number of para-hydroxylation sites is 2. The molecule has 1 aromatic rings. The van der Waals surface area contributed by atoms with Crippen molar-refractivity contribution in [1.29, 1.82) is 0 Å². The second-order valence-corrected chi connectivity index (χ2v) is 10.9. The van der Waals surface area contributed by atoms with Crippen molar-refractivity contribution in [3.8, 4) is 11.5 Å². The zero-order valence-electron chi connectivity index (χ0n) is 26.1. The van der Waals surface area contributed by atoms with Crippen molar-refractivity contribution in [2.45, 2.75) is 90.1 Å². The predicted molar refractivity (Wildman–Crippen MR) is 124 cm³/mol. The molecule has 0 bridgehead atoms. The number of rotatable bonds is 21. The first kappa shape index (κ1) is 51.8. The highest BCUT2D eigenvalue weighted by Crippen LogP contribution is 2.63. The molecule has 0 spiro atoms. The average molecular weight is 914 g/mol. The van der Waals surface area contributed by atoms with E-state index in [0.717, 1.165) is 6.07 Å². The van der Waals surface area contributed by atoms with E-state index < -0.39 is 128 Å². The fraction of sp³-hybridized carbons (Fsp3) is 0.760. The summed E-state index contributed by atoms with van der Waals surface area (Å²) in [4.78, 5) is 0. The van der Waals surface area contributed by atoms with Crippen molar-refractivity contribution in [3.05, 3.63) is 24.3 Å². The topological polar surface area (TPSA) is 27.7 Å². The van der Waals surface area contributed by atoms with Crippen LogP contribution < -0.4 is 9.47 Å². The zero-order valence-corrected chi connectivity index (χ0v) is 26.1. The Bertz CT molecular complexity index is 1500. The number of ether oxygens (including phenoxy) is 3. The quantitative estimate of drug-likeness (QED) is 0.0909. The average Bonchev–Trinajstić information content (AvgIpc) is 3.04. The van der Waals surface area contributed by atoms with Crippen molar-refractivity contribution in [2.75, 3.05) is 26.4 Å². The molecule has 336 valence electrons.